The second-order valence-corrected chi connectivity index (χ2v) is 5.11. The molecule has 1 aliphatic rings. The molecule has 0 radical (unpaired) electrons. The van der Waals surface area contributed by atoms with E-state index in [0.29, 0.717) is 6.42 Å². The van der Waals surface area contributed by atoms with Crippen LogP contribution in [-0.4, -0.2) is 60.7 Å². The molecule has 0 N–H and O–H groups in total. The van der Waals surface area contributed by atoms with Gasteiger partial charge in [0.05, 0.1) is 13.5 Å². The highest BCUT2D eigenvalue weighted by molar-refractivity contribution is 5.69. The average Bonchev–Trinajstić information content (AvgIpc) is 2.44. The van der Waals surface area contributed by atoms with E-state index >= 15 is 0 Å². The van der Waals surface area contributed by atoms with Gasteiger partial charge in [-0.25, -0.2) is 9.97 Å². The lowest BCUT2D eigenvalue weighted by Gasteiger charge is -2.34. The van der Waals surface area contributed by atoms with Crippen LogP contribution in [0.5, 0.6) is 0 Å². The molecule has 1 aliphatic heterocycles. The summed E-state index contributed by atoms with van der Waals surface area (Å²) in [5.74, 6) is 0.667. The molecule has 1 saturated heterocycles. The van der Waals surface area contributed by atoms with Gasteiger partial charge in [0.1, 0.15) is 0 Å². The van der Waals surface area contributed by atoms with E-state index in [4.69, 9.17) is 0 Å². The Kier molecular flexibility index (Phi) is 4.89. The molecule has 0 spiro atoms. The lowest BCUT2D eigenvalue weighted by atomic mass is 10.3. The molecule has 0 saturated carbocycles. The molecule has 6 nitrogen and oxygen atoms in total. The number of carbonyl (C=O) groups excluding carboxylic acids is 1. The van der Waals surface area contributed by atoms with Crippen LogP contribution in [-0.2, 0) is 9.53 Å². The molecule has 1 aromatic heterocycles. The summed E-state index contributed by atoms with van der Waals surface area (Å²) >= 11 is 0. The van der Waals surface area contributed by atoms with Crippen molar-refractivity contribution in [2.45, 2.75) is 20.3 Å². The zero-order valence-electron chi connectivity index (χ0n) is 12.4. The normalized spacial score (nSPS) is 16.2. The predicted molar refractivity (Wildman–Crippen MR) is 76.8 cm³/mol. The van der Waals surface area contributed by atoms with Crippen LogP contribution in [0, 0.1) is 13.8 Å². The number of carbonyl (C=O) groups is 1. The maximum Gasteiger partial charge on any atom is 0.306 e. The summed E-state index contributed by atoms with van der Waals surface area (Å²) in [5.41, 5.74) is 2.00. The molecule has 110 valence electrons. The number of hydrogen-bond acceptors (Lipinski definition) is 6. The highest BCUT2D eigenvalue weighted by Gasteiger charge is 2.19. The minimum Gasteiger partial charge on any atom is -0.469 e. The van der Waals surface area contributed by atoms with Gasteiger partial charge in [0, 0.05) is 44.1 Å². The molecule has 1 aromatic rings. The van der Waals surface area contributed by atoms with Crippen molar-refractivity contribution in [2.24, 2.45) is 0 Å². The number of aryl methyl sites for hydroxylation is 2. The molecule has 6 heteroatoms. The van der Waals surface area contributed by atoms with E-state index in [-0.39, 0.29) is 5.97 Å². The van der Waals surface area contributed by atoms with Gasteiger partial charge in [-0.2, -0.15) is 0 Å². The molecular weight excluding hydrogens is 256 g/mol. The van der Waals surface area contributed by atoms with E-state index in [1.807, 2.05) is 19.9 Å². The summed E-state index contributed by atoms with van der Waals surface area (Å²) in [6.45, 7) is 8.37. The summed E-state index contributed by atoms with van der Waals surface area (Å²) in [7, 11) is 1.43. The molecule has 0 atom stereocenters. The van der Waals surface area contributed by atoms with Crippen LogP contribution < -0.4 is 4.90 Å². The maximum absolute atomic E-state index is 11.1. The molecule has 0 aliphatic carbocycles. The van der Waals surface area contributed by atoms with Crippen molar-refractivity contribution < 1.29 is 9.53 Å². The predicted octanol–water partition coefficient (Wildman–Crippen LogP) is 0.779. The largest absolute Gasteiger partial charge is 0.469 e. The standard InChI is InChI=1S/C14H22N4O2/c1-11-10-12(2)16-14(15-11)18-8-6-17(7-9-18)5-4-13(19)20-3/h10H,4-9H2,1-3H3. The number of esters is 1. The number of hydrogen-bond donors (Lipinski definition) is 0. The van der Waals surface area contributed by atoms with Crippen LogP contribution in [0.3, 0.4) is 0 Å². The van der Waals surface area contributed by atoms with Gasteiger partial charge in [0.2, 0.25) is 5.95 Å². The van der Waals surface area contributed by atoms with Gasteiger partial charge in [-0.1, -0.05) is 0 Å². The summed E-state index contributed by atoms with van der Waals surface area (Å²) in [5, 5.41) is 0. The third-order valence-corrected chi connectivity index (χ3v) is 3.49. The first-order chi connectivity index (χ1) is 9.58. The Labute approximate surface area is 119 Å². The molecule has 2 heterocycles. The van der Waals surface area contributed by atoms with E-state index < -0.39 is 0 Å². The van der Waals surface area contributed by atoms with Crippen molar-refractivity contribution in [3.63, 3.8) is 0 Å². The van der Waals surface area contributed by atoms with E-state index in [9.17, 15) is 4.79 Å². The Bertz CT molecular complexity index is 450. The number of nitrogens with zero attached hydrogens (tertiary/aromatic N) is 4. The van der Waals surface area contributed by atoms with Gasteiger partial charge < -0.3 is 9.64 Å². The Balaban J connectivity index is 1.86. The second kappa shape index (κ2) is 6.65. The Morgan fingerprint density at radius 3 is 2.35 bits per heavy atom. The number of rotatable bonds is 4. The SMILES string of the molecule is COC(=O)CCN1CCN(c2nc(C)cc(C)n2)CC1. The topological polar surface area (TPSA) is 58.6 Å². The van der Waals surface area contributed by atoms with E-state index in [0.717, 1.165) is 50.1 Å². The van der Waals surface area contributed by atoms with Gasteiger partial charge in [-0.15, -0.1) is 0 Å². The van der Waals surface area contributed by atoms with Gasteiger partial charge in [0.15, 0.2) is 0 Å². The van der Waals surface area contributed by atoms with Gasteiger partial charge in [0.25, 0.3) is 0 Å². The van der Waals surface area contributed by atoms with E-state index in [1.165, 1.54) is 7.11 Å². The van der Waals surface area contributed by atoms with Crippen LogP contribution >= 0.6 is 0 Å². The number of ether oxygens (including phenoxy) is 1. The van der Waals surface area contributed by atoms with Gasteiger partial charge >= 0.3 is 5.97 Å². The summed E-state index contributed by atoms with van der Waals surface area (Å²) in [4.78, 5) is 24.6. The van der Waals surface area contributed by atoms with Crippen molar-refractivity contribution in [1.29, 1.82) is 0 Å². The van der Waals surface area contributed by atoms with Crippen molar-refractivity contribution >= 4 is 11.9 Å². The average molecular weight is 278 g/mol. The Morgan fingerprint density at radius 2 is 1.80 bits per heavy atom. The first kappa shape index (κ1) is 14.7. The molecule has 20 heavy (non-hydrogen) atoms. The lowest BCUT2D eigenvalue weighted by Crippen LogP contribution is -2.47. The lowest BCUT2D eigenvalue weighted by molar-refractivity contribution is -0.141. The third-order valence-electron chi connectivity index (χ3n) is 3.49. The first-order valence-corrected chi connectivity index (χ1v) is 6.95. The zero-order chi connectivity index (χ0) is 14.5. The smallest absolute Gasteiger partial charge is 0.306 e. The van der Waals surface area contributed by atoms with Crippen molar-refractivity contribution in [2.75, 3.05) is 44.7 Å². The van der Waals surface area contributed by atoms with Crippen LogP contribution in [0.15, 0.2) is 6.07 Å². The summed E-state index contributed by atoms with van der Waals surface area (Å²) < 4.78 is 4.66. The summed E-state index contributed by atoms with van der Waals surface area (Å²) in [6, 6.07) is 1.98. The van der Waals surface area contributed by atoms with Crippen LogP contribution in [0.25, 0.3) is 0 Å². The van der Waals surface area contributed by atoms with Gasteiger partial charge in [-0.05, 0) is 19.9 Å². The fraction of sp³-hybridized carbons (Fsp3) is 0.643. The van der Waals surface area contributed by atoms with Crippen molar-refractivity contribution in [1.82, 2.24) is 14.9 Å². The number of aromatic nitrogens is 2. The van der Waals surface area contributed by atoms with Crippen molar-refractivity contribution in [3.05, 3.63) is 17.5 Å². The fourth-order valence-corrected chi connectivity index (χ4v) is 2.37. The van der Waals surface area contributed by atoms with Crippen LogP contribution in [0.4, 0.5) is 5.95 Å². The second-order valence-electron chi connectivity index (χ2n) is 5.11. The molecule has 2 rings (SSSR count). The zero-order valence-corrected chi connectivity index (χ0v) is 12.4. The Morgan fingerprint density at radius 1 is 1.20 bits per heavy atom. The molecule has 0 aromatic carbocycles. The number of piperazine rings is 1. The van der Waals surface area contributed by atoms with Crippen LogP contribution in [0.2, 0.25) is 0 Å². The quantitative estimate of drug-likeness (QED) is 0.759. The molecule has 1 fully saturated rings. The number of methoxy groups -OCH3 is 1. The highest BCUT2D eigenvalue weighted by atomic mass is 16.5. The summed E-state index contributed by atoms with van der Waals surface area (Å²) in [6.07, 6.45) is 0.455. The van der Waals surface area contributed by atoms with Gasteiger partial charge in [-0.3, -0.25) is 9.69 Å². The third kappa shape index (κ3) is 3.90. The van der Waals surface area contributed by atoms with E-state index in [2.05, 4.69) is 24.5 Å². The highest BCUT2D eigenvalue weighted by Crippen LogP contribution is 2.13. The minimum atomic E-state index is -0.148. The number of anilines is 1. The maximum atomic E-state index is 11.1. The molecule has 0 bridgehead atoms. The monoisotopic (exact) mass is 278 g/mol. The Hall–Kier alpha value is -1.69. The minimum absolute atomic E-state index is 0.148. The molecule has 0 amide bonds. The first-order valence-electron chi connectivity index (χ1n) is 6.95. The van der Waals surface area contributed by atoms with Crippen LogP contribution in [0.1, 0.15) is 17.8 Å². The van der Waals surface area contributed by atoms with E-state index in [1.54, 1.807) is 0 Å². The molecule has 0 unspecified atom stereocenters. The van der Waals surface area contributed by atoms with Crippen molar-refractivity contribution in [3.8, 4) is 0 Å². The molecular formula is C14H22N4O2. The fourth-order valence-electron chi connectivity index (χ4n) is 2.37.